The third-order valence-corrected chi connectivity index (χ3v) is 4.33. The molecule has 0 spiro atoms. The summed E-state index contributed by atoms with van der Waals surface area (Å²) in [4.78, 5) is 4.57. The van der Waals surface area contributed by atoms with Crippen molar-refractivity contribution in [1.29, 1.82) is 0 Å². The molecule has 2 N–H and O–H groups in total. The van der Waals surface area contributed by atoms with Crippen molar-refractivity contribution < 1.29 is 5.11 Å². The molecule has 2 rings (SSSR count). The summed E-state index contributed by atoms with van der Waals surface area (Å²) in [6.45, 7) is 7.57. The van der Waals surface area contributed by atoms with Gasteiger partial charge in [0.05, 0.1) is 16.8 Å². The fraction of sp³-hybridized carbons (Fsp3) is 0.438. The predicted octanol–water partition coefficient (Wildman–Crippen LogP) is 3.40. The molecule has 1 atom stereocenters. The summed E-state index contributed by atoms with van der Waals surface area (Å²) in [5.74, 6) is 0.478. The molecule has 1 unspecified atom stereocenters. The van der Waals surface area contributed by atoms with Gasteiger partial charge in [-0.05, 0) is 12.5 Å². The number of hydrogen-bond donors (Lipinski definition) is 2. The van der Waals surface area contributed by atoms with E-state index in [1.54, 1.807) is 11.3 Å². The van der Waals surface area contributed by atoms with Crippen LogP contribution in [0.1, 0.15) is 47.7 Å². The second-order valence-corrected chi connectivity index (χ2v) is 6.28. The summed E-state index contributed by atoms with van der Waals surface area (Å²) in [6.07, 6.45) is -0.474. The van der Waals surface area contributed by atoms with Crippen LogP contribution in [0.25, 0.3) is 0 Å². The Balaban J connectivity index is 1.83. The number of nitrogens with one attached hydrogen (secondary N) is 1. The molecule has 1 aromatic carbocycles. The number of nitrogens with zero attached hydrogens (tertiary/aromatic N) is 1. The van der Waals surface area contributed by atoms with Crippen LogP contribution in [0.15, 0.2) is 29.6 Å². The number of benzene rings is 1. The van der Waals surface area contributed by atoms with Crippen molar-refractivity contribution in [2.24, 2.45) is 0 Å². The van der Waals surface area contributed by atoms with Crippen molar-refractivity contribution in [3.63, 3.8) is 0 Å². The van der Waals surface area contributed by atoms with Gasteiger partial charge in [-0.3, -0.25) is 0 Å². The zero-order chi connectivity index (χ0) is 14.5. The van der Waals surface area contributed by atoms with Gasteiger partial charge < -0.3 is 10.4 Å². The van der Waals surface area contributed by atoms with Crippen LogP contribution in [0.2, 0.25) is 0 Å². The van der Waals surface area contributed by atoms with Crippen LogP contribution in [0.5, 0.6) is 0 Å². The number of aliphatic hydroxyl groups excluding tert-OH is 1. The molecule has 0 bridgehead atoms. The molecular weight excluding hydrogens is 268 g/mol. The zero-order valence-electron chi connectivity index (χ0n) is 12.3. The van der Waals surface area contributed by atoms with Crippen molar-refractivity contribution in [3.8, 4) is 0 Å². The van der Waals surface area contributed by atoms with Crippen LogP contribution >= 0.6 is 11.3 Å². The van der Waals surface area contributed by atoms with E-state index in [-0.39, 0.29) is 0 Å². The fourth-order valence-electron chi connectivity index (χ4n) is 2.00. The monoisotopic (exact) mass is 290 g/mol. The molecule has 0 saturated heterocycles. The minimum absolute atomic E-state index is 0.474. The number of aryl methyl sites for hydroxylation is 1. The Morgan fingerprint density at radius 3 is 2.80 bits per heavy atom. The topological polar surface area (TPSA) is 45.1 Å². The van der Waals surface area contributed by atoms with Gasteiger partial charge in [0.15, 0.2) is 0 Å². The molecule has 1 aromatic heterocycles. The van der Waals surface area contributed by atoms with Gasteiger partial charge in [-0.2, -0.15) is 0 Å². The lowest BCUT2D eigenvalue weighted by Crippen LogP contribution is -2.21. The highest BCUT2D eigenvalue weighted by Crippen LogP contribution is 2.19. The Bertz CT molecular complexity index is 551. The quantitative estimate of drug-likeness (QED) is 0.857. The normalized spacial score (nSPS) is 12.8. The van der Waals surface area contributed by atoms with Crippen LogP contribution in [-0.4, -0.2) is 16.6 Å². The molecule has 1 heterocycles. The lowest BCUT2D eigenvalue weighted by atomic mass is 10.1. The first kappa shape index (κ1) is 15.2. The van der Waals surface area contributed by atoms with Crippen LogP contribution < -0.4 is 5.32 Å². The van der Waals surface area contributed by atoms with E-state index in [1.807, 2.05) is 31.2 Å². The largest absolute Gasteiger partial charge is 0.387 e. The average Bonchev–Trinajstić information content (AvgIpc) is 2.87. The second-order valence-electron chi connectivity index (χ2n) is 5.39. The van der Waals surface area contributed by atoms with E-state index in [2.05, 4.69) is 29.5 Å². The number of aliphatic hydroxyl groups is 1. The molecule has 0 aliphatic rings. The first-order chi connectivity index (χ1) is 9.56. The fourth-order valence-corrected chi connectivity index (χ4v) is 2.84. The lowest BCUT2D eigenvalue weighted by Gasteiger charge is -2.12. The Labute approximate surface area is 124 Å². The summed E-state index contributed by atoms with van der Waals surface area (Å²) in [5, 5.41) is 16.7. The molecule has 0 aliphatic heterocycles. The van der Waals surface area contributed by atoms with E-state index in [0.717, 1.165) is 11.3 Å². The Morgan fingerprint density at radius 2 is 2.15 bits per heavy atom. The summed E-state index contributed by atoms with van der Waals surface area (Å²) in [6, 6.07) is 7.99. The zero-order valence-corrected chi connectivity index (χ0v) is 13.1. The van der Waals surface area contributed by atoms with Gasteiger partial charge in [-0.1, -0.05) is 43.7 Å². The van der Waals surface area contributed by atoms with Gasteiger partial charge in [0.25, 0.3) is 0 Å². The van der Waals surface area contributed by atoms with E-state index in [1.165, 1.54) is 10.6 Å². The van der Waals surface area contributed by atoms with Gasteiger partial charge in [0.2, 0.25) is 0 Å². The minimum atomic E-state index is -0.474. The molecule has 4 heteroatoms. The molecule has 0 aliphatic carbocycles. The third-order valence-electron chi connectivity index (χ3n) is 3.13. The second kappa shape index (κ2) is 6.97. The molecule has 20 heavy (non-hydrogen) atoms. The van der Waals surface area contributed by atoms with Crippen LogP contribution in [0.3, 0.4) is 0 Å². The molecule has 108 valence electrons. The molecular formula is C16H22N2OS. The van der Waals surface area contributed by atoms with Crippen molar-refractivity contribution in [1.82, 2.24) is 10.3 Å². The van der Waals surface area contributed by atoms with E-state index < -0.39 is 6.10 Å². The standard InChI is InChI=1S/C16H22N2OS/c1-11(2)16-18-14(10-20-16)8-17-9-15(19)13-6-4-5-12(3)7-13/h4-7,10-11,15,17,19H,8-9H2,1-3H3. The number of hydrogen-bond acceptors (Lipinski definition) is 4. The summed E-state index contributed by atoms with van der Waals surface area (Å²) < 4.78 is 0. The predicted molar refractivity (Wildman–Crippen MR) is 84.0 cm³/mol. The van der Waals surface area contributed by atoms with Gasteiger partial charge >= 0.3 is 0 Å². The highest BCUT2D eigenvalue weighted by molar-refractivity contribution is 7.09. The first-order valence-electron chi connectivity index (χ1n) is 6.96. The van der Waals surface area contributed by atoms with Crippen LogP contribution in [0, 0.1) is 6.92 Å². The number of thiazole rings is 1. The Hall–Kier alpha value is -1.23. The SMILES string of the molecule is Cc1cccc(C(O)CNCc2csc(C(C)C)n2)c1. The highest BCUT2D eigenvalue weighted by Gasteiger charge is 2.09. The van der Waals surface area contributed by atoms with E-state index in [4.69, 9.17) is 0 Å². The Kier molecular flexibility index (Phi) is 5.29. The first-order valence-corrected chi connectivity index (χ1v) is 7.84. The smallest absolute Gasteiger partial charge is 0.0954 e. The molecule has 2 aromatic rings. The molecule has 3 nitrogen and oxygen atoms in total. The molecule has 0 saturated carbocycles. The maximum absolute atomic E-state index is 10.1. The summed E-state index contributed by atoms with van der Waals surface area (Å²) >= 11 is 1.70. The summed E-state index contributed by atoms with van der Waals surface area (Å²) in [5.41, 5.74) is 3.18. The van der Waals surface area contributed by atoms with E-state index in [0.29, 0.717) is 19.0 Å². The maximum atomic E-state index is 10.1. The third kappa shape index (κ3) is 4.13. The lowest BCUT2D eigenvalue weighted by molar-refractivity contribution is 0.174. The number of aromatic nitrogens is 1. The van der Waals surface area contributed by atoms with Crippen molar-refractivity contribution in [2.45, 2.75) is 39.3 Å². The van der Waals surface area contributed by atoms with Gasteiger partial charge in [0, 0.05) is 24.4 Å². The summed E-state index contributed by atoms with van der Waals surface area (Å²) in [7, 11) is 0. The van der Waals surface area contributed by atoms with E-state index >= 15 is 0 Å². The molecule has 0 radical (unpaired) electrons. The minimum Gasteiger partial charge on any atom is -0.387 e. The van der Waals surface area contributed by atoms with Gasteiger partial charge in [-0.25, -0.2) is 4.98 Å². The number of rotatable bonds is 6. The average molecular weight is 290 g/mol. The Morgan fingerprint density at radius 1 is 1.35 bits per heavy atom. The van der Waals surface area contributed by atoms with Crippen molar-refractivity contribution in [2.75, 3.05) is 6.54 Å². The van der Waals surface area contributed by atoms with Crippen molar-refractivity contribution >= 4 is 11.3 Å². The van der Waals surface area contributed by atoms with Crippen LogP contribution in [-0.2, 0) is 6.54 Å². The maximum Gasteiger partial charge on any atom is 0.0954 e. The van der Waals surface area contributed by atoms with Crippen LogP contribution in [0.4, 0.5) is 0 Å². The van der Waals surface area contributed by atoms with Crippen molar-refractivity contribution in [3.05, 3.63) is 51.5 Å². The molecule has 0 amide bonds. The van der Waals surface area contributed by atoms with Gasteiger partial charge in [0.1, 0.15) is 0 Å². The highest BCUT2D eigenvalue weighted by atomic mass is 32.1. The van der Waals surface area contributed by atoms with E-state index in [9.17, 15) is 5.11 Å². The van der Waals surface area contributed by atoms with Gasteiger partial charge in [-0.15, -0.1) is 11.3 Å². The molecule has 0 fully saturated rings.